The number of aliphatic hydroxyl groups excluding tert-OH is 1. The molecule has 0 saturated carbocycles. The number of para-hydroxylation sites is 1. The highest BCUT2D eigenvalue weighted by atomic mass is 79.9. The first-order valence-electron chi connectivity index (χ1n) is 3.88. The van der Waals surface area contributed by atoms with Crippen molar-refractivity contribution in [1.82, 2.24) is 0 Å². The van der Waals surface area contributed by atoms with Gasteiger partial charge in [0.05, 0.1) is 17.2 Å². The third-order valence-corrected chi connectivity index (χ3v) is 2.62. The van der Waals surface area contributed by atoms with Gasteiger partial charge in [-0.1, -0.05) is 12.1 Å². The van der Waals surface area contributed by atoms with Gasteiger partial charge in [-0.2, -0.15) is 0 Å². The maximum absolute atomic E-state index is 9.58. The summed E-state index contributed by atoms with van der Waals surface area (Å²) in [4.78, 5) is 0. The zero-order valence-corrected chi connectivity index (χ0v) is 8.04. The highest BCUT2D eigenvalue weighted by molar-refractivity contribution is 9.10. The highest BCUT2D eigenvalue weighted by Gasteiger charge is 2.20. The van der Waals surface area contributed by atoms with Gasteiger partial charge in [-0.15, -0.1) is 0 Å². The number of fused-ring (bicyclic) bond motifs is 1. The van der Waals surface area contributed by atoms with E-state index in [1.807, 2.05) is 18.2 Å². The molecular weight excluding hydrogens is 220 g/mol. The molecule has 2 nitrogen and oxygen atoms in total. The molecular formula is C9H9BrO2. The molecule has 1 aromatic carbocycles. The summed E-state index contributed by atoms with van der Waals surface area (Å²) in [6, 6.07) is 5.71. The van der Waals surface area contributed by atoms with E-state index >= 15 is 0 Å². The van der Waals surface area contributed by atoms with Crippen LogP contribution >= 0.6 is 15.9 Å². The van der Waals surface area contributed by atoms with Gasteiger partial charge in [0.2, 0.25) is 0 Å². The van der Waals surface area contributed by atoms with Gasteiger partial charge in [-0.05, 0) is 22.0 Å². The lowest BCUT2D eigenvalue weighted by atomic mass is 10.0. The number of hydrogen-bond acceptors (Lipinski definition) is 2. The van der Waals surface area contributed by atoms with Crippen molar-refractivity contribution in [3.05, 3.63) is 28.2 Å². The van der Waals surface area contributed by atoms with Crippen LogP contribution in [-0.2, 0) is 0 Å². The van der Waals surface area contributed by atoms with Gasteiger partial charge in [0.25, 0.3) is 0 Å². The van der Waals surface area contributed by atoms with Crippen molar-refractivity contribution in [1.29, 1.82) is 0 Å². The number of aliphatic hydroxyl groups is 1. The maximum Gasteiger partial charge on any atom is 0.139 e. The molecule has 0 spiro atoms. The SMILES string of the molecule is O[C@H]1CCOc2c(Br)cccc21. The number of ether oxygens (including phenoxy) is 1. The normalized spacial score (nSPS) is 21.3. The van der Waals surface area contributed by atoms with E-state index in [-0.39, 0.29) is 6.10 Å². The third-order valence-electron chi connectivity index (χ3n) is 1.99. The van der Waals surface area contributed by atoms with E-state index in [4.69, 9.17) is 4.74 Å². The number of hydrogen-bond donors (Lipinski definition) is 1. The summed E-state index contributed by atoms with van der Waals surface area (Å²) in [5.74, 6) is 0.788. The monoisotopic (exact) mass is 228 g/mol. The van der Waals surface area contributed by atoms with E-state index in [2.05, 4.69) is 15.9 Å². The minimum absolute atomic E-state index is 0.369. The van der Waals surface area contributed by atoms with Crippen LogP contribution in [0.2, 0.25) is 0 Å². The first-order chi connectivity index (χ1) is 5.79. The van der Waals surface area contributed by atoms with Crippen molar-refractivity contribution in [3.8, 4) is 5.75 Å². The topological polar surface area (TPSA) is 29.5 Å². The molecule has 64 valence electrons. The maximum atomic E-state index is 9.58. The number of rotatable bonds is 0. The van der Waals surface area contributed by atoms with E-state index in [0.29, 0.717) is 13.0 Å². The second-order valence-electron chi connectivity index (χ2n) is 2.81. The highest BCUT2D eigenvalue weighted by Crippen LogP contribution is 2.37. The van der Waals surface area contributed by atoms with Crippen LogP contribution in [-0.4, -0.2) is 11.7 Å². The molecule has 1 atom stereocenters. The van der Waals surface area contributed by atoms with Gasteiger partial charge in [0.15, 0.2) is 0 Å². The minimum atomic E-state index is -0.369. The predicted molar refractivity (Wildman–Crippen MR) is 49.2 cm³/mol. The molecule has 3 heteroatoms. The van der Waals surface area contributed by atoms with E-state index in [1.165, 1.54) is 0 Å². The first kappa shape index (κ1) is 8.08. The molecule has 0 aromatic heterocycles. The molecule has 0 radical (unpaired) electrons. The van der Waals surface area contributed by atoms with Crippen molar-refractivity contribution >= 4 is 15.9 Å². The molecule has 1 aliphatic rings. The van der Waals surface area contributed by atoms with E-state index in [0.717, 1.165) is 15.8 Å². The van der Waals surface area contributed by atoms with Crippen molar-refractivity contribution in [3.63, 3.8) is 0 Å². The Bertz CT molecular complexity index is 299. The average molecular weight is 229 g/mol. The van der Waals surface area contributed by atoms with Gasteiger partial charge < -0.3 is 9.84 Å². The quantitative estimate of drug-likeness (QED) is 0.739. The average Bonchev–Trinajstić information content (AvgIpc) is 2.07. The van der Waals surface area contributed by atoms with E-state index < -0.39 is 0 Å². The van der Waals surface area contributed by atoms with Gasteiger partial charge in [0.1, 0.15) is 5.75 Å². The number of benzene rings is 1. The summed E-state index contributed by atoms with van der Waals surface area (Å²) in [6.45, 7) is 0.594. The molecule has 0 fully saturated rings. The van der Waals surface area contributed by atoms with E-state index in [9.17, 15) is 5.11 Å². The summed E-state index contributed by atoms with van der Waals surface area (Å²) in [5, 5.41) is 9.58. The molecule has 0 saturated heterocycles. The Balaban J connectivity index is 2.52. The summed E-state index contributed by atoms with van der Waals surface area (Å²) in [6.07, 6.45) is 0.315. The van der Waals surface area contributed by atoms with Crippen LogP contribution in [0.25, 0.3) is 0 Å². The molecule has 1 aliphatic heterocycles. The van der Waals surface area contributed by atoms with Crippen molar-refractivity contribution in [2.45, 2.75) is 12.5 Å². The fraction of sp³-hybridized carbons (Fsp3) is 0.333. The molecule has 0 unspecified atom stereocenters. The molecule has 12 heavy (non-hydrogen) atoms. The Morgan fingerprint density at radius 3 is 3.08 bits per heavy atom. The van der Waals surface area contributed by atoms with Gasteiger partial charge in [0, 0.05) is 12.0 Å². The molecule has 1 aromatic rings. The Morgan fingerprint density at radius 2 is 2.33 bits per heavy atom. The zero-order valence-electron chi connectivity index (χ0n) is 6.46. The Morgan fingerprint density at radius 1 is 1.50 bits per heavy atom. The largest absolute Gasteiger partial charge is 0.492 e. The van der Waals surface area contributed by atoms with Crippen LogP contribution in [0.4, 0.5) is 0 Å². The molecule has 1 N–H and O–H groups in total. The minimum Gasteiger partial charge on any atom is -0.492 e. The smallest absolute Gasteiger partial charge is 0.139 e. The fourth-order valence-corrected chi connectivity index (χ4v) is 1.86. The van der Waals surface area contributed by atoms with Crippen molar-refractivity contribution in [2.24, 2.45) is 0 Å². The predicted octanol–water partition coefficient (Wildman–Crippen LogP) is 2.26. The Hall–Kier alpha value is -0.540. The summed E-state index contributed by atoms with van der Waals surface area (Å²) >= 11 is 3.37. The summed E-state index contributed by atoms with van der Waals surface area (Å²) in [7, 11) is 0. The van der Waals surface area contributed by atoms with Gasteiger partial charge in [-0.3, -0.25) is 0 Å². The van der Waals surface area contributed by atoms with Crippen LogP contribution in [0.3, 0.4) is 0 Å². The molecule has 0 bridgehead atoms. The van der Waals surface area contributed by atoms with Crippen LogP contribution < -0.4 is 4.74 Å². The van der Waals surface area contributed by atoms with Crippen LogP contribution in [0.1, 0.15) is 18.1 Å². The lowest BCUT2D eigenvalue weighted by Gasteiger charge is -2.22. The molecule has 0 aliphatic carbocycles. The third kappa shape index (κ3) is 1.23. The van der Waals surface area contributed by atoms with Crippen molar-refractivity contribution < 1.29 is 9.84 Å². The Kier molecular flexibility index (Phi) is 2.07. The molecule has 2 rings (SSSR count). The van der Waals surface area contributed by atoms with E-state index in [1.54, 1.807) is 0 Å². The van der Waals surface area contributed by atoms with Gasteiger partial charge in [-0.25, -0.2) is 0 Å². The standard InChI is InChI=1S/C9H9BrO2/c10-7-3-1-2-6-8(11)4-5-12-9(6)7/h1-3,8,11H,4-5H2/t8-/m0/s1. The van der Waals surface area contributed by atoms with Gasteiger partial charge >= 0.3 is 0 Å². The zero-order chi connectivity index (χ0) is 8.55. The molecule has 0 amide bonds. The van der Waals surface area contributed by atoms with Crippen LogP contribution in [0.5, 0.6) is 5.75 Å². The Labute approximate surface area is 79.3 Å². The lowest BCUT2D eigenvalue weighted by Crippen LogP contribution is -2.13. The second kappa shape index (κ2) is 3.07. The van der Waals surface area contributed by atoms with Crippen LogP contribution in [0.15, 0.2) is 22.7 Å². The summed E-state index contributed by atoms with van der Waals surface area (Å²) in [5.41, 5.74) is 0.885. The lowest BCUT2D eigenvalue weighted by molar-refractivity contribution is 0.115. The van der Waals surface area contributed by atoms with Crippen LogP contribution in [0, 0.1) is 0 Å². The van der Waals surface area contributed by atoms with Crippen molar-refractivity contribution in [2.75, 3.05) is 6.61 Å². The fourth-order valence-electron chi connectivity index (χ4n) is 1.37. The number of halogens is 1. The molecule has 1 heterocycles. The second-order valence-corrected chi connectivity index (χ2v) is 3.67. The summed E-state index contributed by atoms with van der Waals surface area (Å²) < 4.78 is 6.33. The first-order valence-corrected chi connectivity index (χ1v) is 4.67.